The minimum absolute atomic E-state index is 0.230. The second-order valence-electron chi connectivity index (χ2n) is 3.62. The lowest BCUT2D eigenvalue weighted by molar-refractivity contribution is -0.380. The van der Waals surface area contributed by atoms with Crippen LogP contribution in [-0.2, 0) is 6.54 Å². The van der Waals surface area contributed by atoms with Crippen LogP contribution in [0.2, 0.25) is 0 Å². The van der Waals surface area contributed by atoms with Gasteiger partial charge >= 0.3 is 5.00 Å². The van der Waals surface area contributed by atoms with E-state index in [9.17, 15) is 10.1 Å². The summed E-state index contributed by atoms with van der Waals surface area (Å²) >= 11 is 1.19. The number of rotatable bonds is 5. The van der Waals surface area contributed by atoms with Gasteiger partial charge in [-0.1, -0.05) is 11.3 Å². The number of hydrogen-bond donors (Lipinski definition) is 1. The van der Waals surface area contributed by atoms with Gasteiger partial charge in [-0.05, 0) is 30.9 Å². The Morgan fingerprint density at radius 1 is 1.64 bits per heavy atom. The van der Waals surface area contributed by atoms with Crippen LogP contribution in [0.4, 0.5) is 5.00 Å². The average Bonchev–Trinajstić information content (AvgIpc) is 2.82. The Morgan fingerprint density at radius 2 is 2.43 bits per heavy atom. The van der Waals surface area contributed by atoms with Crippen molar-refractivity contribution in [3.63, 3.8) is 0 Å². The Labute approximate surface area is 86.1 Å². The Balaban J connectivity index is 1.79. The van der Waals surface area contributed by atoms with Gasteiger partial charge < -0.3 is 5.32 Å². The van der Waals surface area contributed by atoms with Crippen LogP contribution < -0.4 is 5.32 Å². The van der Waals surface area contributed by atoms with E-state index in [2.05, 4.69) is 5.32 Å². The third-order valence-corrected chi connectivity index (χ3v) is 3.21. The van der Waals surface area contributed by atoms with Crippen molar-refractivity contribution in [1.82, 2.24) is 5.32 Å². The molecule has 14 heavy (non-hydrogen) atoms. The van der Waals surface area contributed by atoms with Crippen molar-refractivity contribution in [1.29, 1.82) is 0 Å². The lowest BCUT2D eigenvalue weighted by Crippen LogP contribution is -2.15. The van der Waals surface area contributed by atoms with Crippen molar-refractivity contribution in [3.8, 4) is 0 Å². The molecule has 0 radical (unpaired) electrons. The average molecular weight is 212 g/mol. The summed E-state index contributed by atoms with van der Waals surface area (Å²) in [6, 6.07) is 1.64. The van der Waals surface area contributed by atoms with Gasteiger partial charge in [0.05, 0.1) is 4.92 Å². The molecule has 1 aliphatic carbocycles. The van der Waals surface area contributed by atoms with E-state index in [4.69, 9.17) is 0 Å². The molecule has 0 amide bonds. The molecule has 0 aliphatic heterocycles. The predicted octanol–water partition coefficient (Wildman–Crippen LogP) is 2.16. The lowest BCUT2D eigenvalue weighted by Gasteiger charge is -1.99. The highest BCUT2D eigenvalue weighted by atomic mass is 32.1. The van der Waals surface area contributed by atoms with Crippen molar-refractivity contribution in [2.45, 2.75) is 19.4 Å². The van der Waals surface area contributed by atoms with Gasteiger partial charge in [-0.3, -0.25) is 10.1 Å². The predicted molar refractivity (Wildman–Crippen MR) is 55.4 cm³/mol. The third-order valence-electron chi connectivity index (χ3n) is 2.28. The fourth-order valence-corrected chi connectivity index (χ4v) is 2.02. The standard InChI is InChI=1S/C9H12N2O2S/c12-11(13)9-3-8(6-14-9)5-10-4-7-1-2-7/h3,6-7,10H,1-2,4-5H2. The SMILES string of the molecule is O=[N+]([O-])c1cc(CNCC2CC2)cs1. The quantitative estimate of drug-likeness (QED) is 0.601. The molecule has 0 saturated heterocycles. The largest absolute Gasteiger partial charge is 0.324 e. The summed E-state index contributed by atoms with van der Waals surface area (Å²) in [5, 5.41) is 15.8. The topological polar surface area (TPSA) is 55.2 Å². The van der Waals surface area contributed by atoms with Crippen LogP contribution in [0.15, 0.2) is 11.4 Å². The van der Waals surface area contributed by atoms with Crippen LogP contribution in [0, 0.1) is 16.0 Å². The number of thiophene rings is 1. The highest BCUT2D eigenvalue weighted by Crippen LogP contribution is 2.28. The van der Waals surface area contributed by atoms with Crippen LogP contribution in [0.3, 0.4) is 0 Å². The van der Waals surface area contributed by atoms with Gasteiger partial charge in [0.2, 0.25) is 0 Å². The molecular formula is C9H12N2O2S. The van der Waals surface area contributed by atoms with E-state index >= 15 is 0 Å². The molecule has 76 valence electrons. The summed E-state index contributed by atoms with van der Waals surface area (Å²) in [4.78, 5) is 10.1. The van der Waals surface area contributed by atoms with Gasteiger partial charge in [-0.2, -0.15) is 0 Å². The Bertz CT molecular complexity index is 333. The first-order valence-electron chi connectivity index (χ1n) is 4.68. The van der Waals surface area contributed by atoms with Gasteiger partial charge in [0, 0.05) is 18.0 Å². The van der Waals surface area contributed by atoms with Crippen LogP contribution >= 0.6 is 11.3 Å². The molecule has 5 heteroatoms. The fraction of sp³-hybridized carbons (Fsp3) is 0.556. The molecule has 0 aromatic carbocycles. The van der Waals surface area contributed by atoms with E-state index in [1.54, 1.807) is 6.07 Å². The van der Waals surface area contributed by atoms with E-state index in [0.29, 0.717) is 0 Å². The molecular weight excluding hydrogens is 200 g/mol. The molecule has 1 aromatic rings. The highest BCUT2D eigenvalue weighted by molar-refractivity contribution is 7.13. The van der Waals surface area contributed by atoms with Crippen molar-refractivity contribution in [2.24, 2.45) is 5.92 Å². The zero-order valence-corrected chi connectivity index (χ0v) is 8.55. The summed E-state index contributed by atoms with van der Waals surface area (Å²) in [7, 11) is 0. The minimum atomic E-state index is -0.338. The minimum Gasteiger partial charge on any atom is -0.312 e. The van der Waals surface area contributed by atoms with E-state index in [1.165, 1.54) is 24.2 Å². The van der Waals surface area contributed by atoms with Gasteiger partial charge in [-0.15, -0.1) is 0 Å². The van der Waals surface area contributed by atoms with Gasteiger partial charge in [0.25, 0.3) is 0 Å². The second-order valence-corrected chi connectivity index (χ2v) is 4.51. The van der Waals surface area contributed by atoms with E-state index < -0.39 is 0 Å². The zero-order valence-electron chi connectivity index (χ0n) is 7.73. The molecule has 2 rings (SSSR count). The second kappa shape index (κ2) is 4.06. The molecule has 1 aromatic heterocycles. The molecule has 0 atom stereocenters. The number of nitro groups is 1. The van der Waals surface area contributed by atoms with Crippen LogP contribution in [0.5, 0.6) is 0 Å². The lowest BCUT2D eigenvalue weighted by atomic mass is 10.3. The zero-order chi connectivity index (χ0) is 9.97. The van der Waals surface area contributed by atoms with Crippen molar-refractivity contribution >= 4 is 16.3 Å². The Hall–Kier alpha value is -0.940. The molecule has 0 spiro atoms. The Morgan fingerprint density at radius 3 is 3.00 bits per heavy atom. The smallest absolute Gasteiger partial charge is 0.312 e. The summed E-state index contributed by atoms with van der Waals surface area (Å²) in [5.41, 5.74) is 1.02. The molecule has 0 bridgehead atoms. The van der Waals surface area contributed by atoms with Gasteiger partial charge in [0.1, 0.15) is 0 Å². The van der Waals surface area contributed by atoms with Crippen LogP contribution in [0.1, 0.15) is 18.4 Å². The molecule has 1 N–H and O–H groups in total. The number of nitrogens with zero attached hydrogens (tertiary/aromatic N) is 1. The maximum absolute atomic E-state index is 10.4. The molecule has 1 saturated carbocycles. The summed E-state index contributed by atoms with van der Waals surface area (Å²) < 4.78 is 0. The normalized spacial score (nSPS) is 15.7. The molecule has 1 heterocycles. The Kier molecular flexibility index (Phi) is 2.79. The fourth-order valence-electron chi connectivity index (χ4n) is 1.29. The summed E-state index contributed by atoms with van der Waals surface area (Å²) in [6.07, 6.45) is 2.66. The first kappa shape index (κ1) is 9.61. The third kappa shape index (κ3) is 2.52. The monoisotopic (exact) mass is 212 g/mol. The molecule has 1 aliphatic rings. The van der Waals surface area contributed by atoms with Crippen LogP contribution in [0.25, 0.3) is 0 Å². The summed E-state index contributed by atoms with van der Waals surface area (Å²) in [5.74, 6) is 0.851. The van der Waals surface area contributed by atoms with Crippen molar-refractivity contribution < 1.29 is 4.92 Å². The van der Waals surface area contributed by atoms with Crippen molar-refractivity contribution in [2.75, 3.05) is 6.54 Å². The maximum atomic E-state index is 10.4. The van der Waals surface area contributed by atoms with Crippen LogP contribution in [-0.4, -0.2) is 11.5 Å². The first-order chi connectivity index (χ1) is 6.75. The van der Waals surface area contributed by atoms with Gasteiger partial charge in [0.15, 0.2) is 0 Å². The molecule has 4 nitrogen and oxygen atoms in total. The van der Waals surface area contributed by atoms with Gasteiger partial charge in [-0.25, -0.2) is 0 Å². The molecule has 0 unspecified atom stereocenters. The van der Waals surface area contributed by atoms with E-state index in [1.807, 2.05) is 5.38 Å². The molecule has 1 fully saturated rings. The number of nitrogens with one attached hydrogen (secondary N) is 1. The summed E-state index contributed by atoms with van der Waals surface area (Å²) in [6.45, 7) is 1.80. The van der Waals surface area contributed by atoms with E-state index in [-0.39, 0.29) is 9.92 Å². The maximum Gasteiger partial charge on any atom is 0.324 e. The first-order valence-corrected chi connectivity index (χ1v) is 5.56. The highest BCUT2D eigenvalue weighted by Gasteiger charge is 2.20. The number of hydrogen-bond acceptors (Lipinski definition) is 4. The van der Waals surface area contributed by atoms with Crippen molar-refractivity contribution in [3.05, 3.63) is 27.1 Å². The van der Waals surface area contributed by atoms with E-state index in [0.717, 1.165) is 24.6 Å².